The molecule has 2 aromatic rings. The van der Waals surface area contributed by atoms with Crippen LogP contribution in [0.15, 0.2) is 59.8 Å². The molecule has 5 nitrogen and oxygen atoms in total. The van der Waals surface area contributed by atoms with Crippen LogP contribution in [0.1, 0.15) is 12.5 Å². The van der Waals surface area contributed by atoms with E-state index in [1.807, 2.05) is 18.2 Å². The minimum Gasteiger partial charge on any atom is -0.381 e. The van der Waals surface area contributed by atoms with Gasteiger partial charge in [0.15, 0.2) is 5.84 Å². The van der Waals surface area contributed by atoms with Crippen LogP contribution in [0.4, 0.5) is 5.69 Å². The van der Waals surface area contributed by atoms with Gasteiger partial charge in [-0.05, 0) is 43.3 Å². The molecule has 1 atom stereocenters. The fourth-order valence-corrected chi connectivity index (χ4v) is 1.75. The molecule has 2 aromatic carbocycles. The lowest BCUT2D eigenvalue weighted by Gasteiger charge is -2.11. The van der Waals surface area contributed by atoms with Crippen LogP contribution in [0.5, 0.6) is 0 Å². The van der Waals surface area contributed by atoms with Crippen LogP contribution in [0.25, 0.3) is 0 Å². The van der Waals surface area contributed by atoms with Crippen molar-refractivity contribution in [2.45, 2.75) is 13.0 Å². The van der Waals surface area contributed by atoms with Crippen molar-refractivity contribution in [3.63, 3.8) is 0 Å². The van der Waals surface area contributed by atoms with E-state index < -0.39 is 6.10 Å². The largest absolute Gasteiger partial charge is 0.381 e. The number of hydrogen-bond acceptors (Lipinski definition) is 3. The molecule has 0 bridgehead atoms. The summed E-state index contributed by atoms with van der Waals surface area (Å²) in [7, 11) is 0. The number of halogens is 1. The minimum absolute atomic E-state index is 0.177. The maximum atomic E-state index is 11.9. The van der Waals surface area contributed by atoms with E-state index in [9.17, 15) is 4.79 Å². The third kappa shape index (κ3) is 4.49. The molecule has 1 unspecified atom stereocenters. The van der Waals surface area contributed by atoms with Crippen LogP contribution in [0.2, 0.25) is 5.02 Å². The van der Waals surface area contributed by atoms with Crippen LogP contribution in [0, 0.1) is 0 Å². The number of nitrogens with two attached hydrogens (primary N) is 1. The molecule has 22 heavy (non-hydrogen) atoms. The Hall–Kier alpha value is -2.53. The Bertz CT molecular complexity index is 657. The van der Waals surface area contributed by atoms with Crippen LogP contribution in [-0.4, -0.2) is 17.8 Å². The van der Waals surface area contributed by atoms with Gasteiger partial charge in [0.25, 0.3) is 5.91 Å². The lowest BCUT2D eigenvalue weighted by molar-refractivity contribution is -0.126. The summed E-state index contributed by atoms with van der Waals surface area (Å²) in [6.45, 7) is 1.59. The summed E-state index contributed by atoms with van der Waals surface area (Å²) >= 11 is 5.80. The van der Waals surface area contributed by atoms with Gasteiger partial charge in [-0.15, -0.1) is 0 Å². The molecule has 0 fully saturated rings. The van der Waals surface area contributed by atoms with E-state index in [4.69, 9.17) is 22.2 Å². The maximum absolute atomic E-state index is 11.9. The quantitative estimate of drug-likeness (QED) is 0.505. The van der Waals surface area contributed by atoms with Crippen molar-refractivity contribution in [3.05, 3.63) is 65.2 Å². The number of benzene rings is 2. The predicted octanol–water partition coefficient (Wildman–Crippen LogP) is 3.00. The molecule has 114 valence electrons. The fraction of sp³-hybridized carbons (Fsp3) is 0.125. The summed E-state index contributed by atoms with van der Waals surface area (Å²) in [6, 6.07) is 15.9. The number of nitrogens with one attached hydrogen (secondary N) is 1. The standard InChI is InChI=1S/C16H16ClN3O2/c1-11(16(21)19-14-5-3-2-4-6-14)22-20-15(18)12-7-9-13(17)10-8-12/h2-11H,1H3,(H2,18,20)(H,19,21). The zero-order valence-electron chi connectivity index (χ0n) is 12.0. The van der Waals surface area contributed by atoms with Crippen LogP contribution in [0.3, 0.4) is 0 Å². The van der Waals surface area contributed by atoms with Gasteiger partial charge in [-0.25, -0.2) is 0 Å². The first-order valence-corrected chi connectivity index (χ1v) is 7.05. The smallest absolute Gasteiger partial charge is 0.267 e. The molecule has 3 N–H and O–H groups in total. The summed E-state index contributed by atoms with van der Waals surface area (Å²) in [5.41, 5.74) is 7.16. The predicted molar refractivity (Wildman–Crippen MR) is 87.8 cm³/mol. The number of hydrogen-bond donors (Lipinski definition) is 2. The van der Waals surface area contributed by atoms with E-state index in [1.165, 1.54) is 0 Å². The molecule has 0 radical (unpaired) electrons. The molecule has 0 saturated carbocycles. The third-order valence-electron chi connectivity index (χ3n) is 2.86. The first-order chi connectivity index (χ1) is 10.6. The summed E-state index contributed by atoms with van der Waals surface area (Å²) in [5, 5.41) is 7.10. The maximum Gasteiger partial charge on any atom is 0.267 e. The number of amidine groups is 1. The van der Waals surface area contributed by atoms with E-state index in [2.05, 4.69) is 10.5 Å². The minimum atomic E-state index is -0.772. The molecule has 0 aliphatic carbocycles. The van der Waals surface area contributed by atoms with Gasteiger partial charge in [-0.2, -0.15) is 0 Å². The van der Waals surface area contributed by atoms with Gasteiger partial charge in [0.2, 0.25) is 6.10 Å². The summed E-state index contributed by atoms with van der Waals surface area (Å²) < 4.78 is 0. The molecule has 0 spiro atoms. The second-order valence-corrected chi connectivity index (χ2v) is 5.02. The van der Waals surface area contributed by atoms with Crippen LogP contribution >= 0.6 is 11.6 Å². The van der Waals surface area contributed by atoms with Gasteiger partial charge in [0, 0.05) is 16.3 Å². The highest BCUT2D eigenvalue weighted by molar-refractivity contribution is 6.30. The number of rotatable bonds is 5. The monoisotopic (exact) mass is 317 g/mol. The summed E-state index contributed by atoms with van der Waals surface area (Å²) in [4.78, 5) is 17.1. The molecular weight excluding hydrogens is 302 g/mol. The summed E-state index contributed by atoms with van der Waals surface area (Å²) in [5.74, 6) is -0.130. The molecule has 0 saturated heterocycles. The molecule has 0 heterocycles. The van der Waals surface area contributed by atoms with Crippen LogP contribution in [-0.2, 0) is 9.63 Å². The number of anilines is 1. The van der Waals surface area contributed by atoms with Crippen molar-refractivity contribution < 1.29 is 9.63 Å². The van der Waals surface area contributed by atoms with E-state index >= 15 is 0 Å². The van der Waals surface area contributed by atoms with Gasteiger partial charge < -0.3 is 15.9 Å². The Balaban J connectivity index is 1.93. The molecule has 0 aliphatic heterocycles. The van der Waals surface area contributed by atoms with E-state index in [-0.39, 0.29) is 11.7 Å². The molecule has 2 rings (SSSR count). The van der Waals surface area contributed by atoms with E-state index in [1.54, 1.807) is 43.3 Å². The zero-order valence-corrected chi connectivity index (χ0v) is 12.7. The van der Waals surface area contributed by atoms with Gasteiger partial charge >= 0.3 is 0 Å². The number of amides is 1. The van der Waals surface area contributed by atoms with Crippen molar-refractivity contribution in [1.29, 1.82) is 0 Å². The van der Waals surface area contributed by atoms with E-state index in [0.29, 0.717) is 16.3 Å². The first-order valence-electron chi connectivity index (χ1n) is 6.67. The summed E-state index contributed by atoms with van der Waals surface area (Å²) in [6.07, 6.45) is -0.772. The third-order valence-corrected chi connectivity index (χ3v) is 3.11. The number of carbonyl (C=O) groups is 1. The second kappa shape index (κ2) is 7.47. The highest BCUT2D eigenvalue weighted by Crippen LogP contribution is 2.10. The SMILES string of the molecule is CC(O/N=C(\N)c1ccc(Cl)cc1)C(=O)Nc1ccccc1. The van der Waals surface area contributed by atoms with Gasteiger partial charge in [-0.3, -0.25) is 4.79 Å². The molecule has 0 aromatic heterocycles. The Morgan fingerprint density at radius 2 is 1.82 bits per heavy atom. The Kier molecular flexibility index (Phi) is 5.38. The van der Waals surface area contributed by atoms with Crippen molar-refractivity contribution in [2.75, 3.05) is 5.32 Å². The Morgan fingerprint density at radius 3 is 2.45 bits per heavy atom. The Labute approximate surface area is 133 Å². The topological polar surface area (TPSA) is 76.7 Å². The fourth-order valence-electron chi connectivity index (χ4n) is 1.62. The molecule has 1 amide bonds. The van der Waals surface area contributed by atoms with Gasteiger partial charge in [0.05, 0.1) is 0 Å². The van der Waals surface area contributed by atoms with Crippen molar-refractivity contribution in [1.82, 2.24) is 0 Å². The number of oxime groups is 1. The van der Waals surface area contributed by atoms with E-state index in [0.717, 1.165) is 0 Å². The van der Waals surface area contributed by atoms with Gasteiger partial charge in [-0.1, -0.05) is 35.0 Å². The highest BCUT2D eigenvalue weighted by Gasteiger charge is 2.14. The average molecular weight is 318 g/mol. The average Bonchev–Trinajstić information content (AvgIpc) is 2.53. The van der Waals surface area contributed by atoms with Crippen LogP contribution < -0.4 is 11.1 Å². The van der Waals surface area contributed by atoms with Gasteiger partial charge in [0.1, 0.15) is 0 Å². The van der Waals surface area contributed by atoms with Crippen molar-refractivity contribution in [2.24, 2.45) is 10.9 Å². The first kappa shape index (κ1) is 15.9. The number of para-hydroxylation sites is 1. The zero-order chi connectivity index (χ0) is 15.9. The number of carbonyl (C=O) groups excluding carboxylic acids is 1. The highest BCUT2D eigenvalue weighted by atomic mass is 35.5. The number of nitrogens with zero attached hydrogens (tertiary/aromatic N) is 1. The molecular formula is C16H16ClN3O2. The van der Waals surface area contributed by atoms with Crippen molar-refractivity contribution in [3.8, 4) is 0 Å². The Morgan fingerprint density at radius 1 is 1.18 bits per heavy atom. The lowest BCUT2D eigenvalue weighted by Crippen LogP contribution is -2.27. The molecule has 0 aliphatic rings. The second-order valence-electron chi connectivity index (χ2n) is 4.59. The lowest BCUT2D eigenvalue weighted by atomic mass is 10.2. The normalized spacial score (nSPS) is 12.5. The van der Waals surface area contributed by atoms with Crippen molar-refractivity contribution >= 4 is 29.0 Å². The molecule has 6 heteroatoms.